The Labute approximate surface area is 118 Å². The van der Waals surface area contributed by atoms with Crippen molar-refractivity contribution in [1.29, 1.82) is 0 Å². The molecule has 3 heteroatoms. The Kier molecular flexibility index (Phi) is 3.79. The molecule has 0 aliphatic carbocycles. The van der Waals surface area contributed by atoms with Crippen LogP contribution in [0.3, 0.4) is 0 Å². The van der Waals surface area contributed by atoms with Crippen LogP contribution in [0, 0.1) is 0 Å². The van der Waals surface area contributed by atoms with E-state index in [1.54, 1.807) is 0 Å². The monoisotopic (exact) mass is 267 g/mol. The van der Waals surface area contributed by atoms with Crippen molar-refractivity contribution >= 4 is 5.91 Å². The van der Waals surface area contributed by atoms with Crippen molar-refractivity contribution < 1.29 is 9.53 Å². The summed E-state index contributed by atoms with van der Waals surface area (Å²) >= 11 is 0. The molecular formula is C17H17NO2. The summed E-state index contributed by atoms with van der Waals surface area (Å²) in [5, 5.41) is 3.08. The second kappa shape index (κ2) is 5.88. The second-order valence-electron chi connectivity index (χ2n) is 4.98. The van der Waals surface area contributed by atoms with Gasteiger partial charge in [0.25, 0.3) is 5.91 Å². The van der Waals surface area contributed by atoms with E-state index in [1.807, 2.05) is 48.5 Å². The van der Waals surface area contributed by atoms with Crippen LogP contribution in [0.4, 0.5) is 0 Å². The third-order valence-corrected chi connectivity index (χ3v) is 3.43. The van der Waals surface area contributed by atoms with Crippen molar-refractivity contribution in [3.63, 3.8) is 0 Å². The van der Waals surface area contributed by atoms with E-state index in [0.29, 0.717) is 6.61 Å². The number of ether oxygens (including phenoxy) is 1. The van der Waals surface area contributed by atoms with Crippen LogP contribution in [0.25, 0.3) is 0 Å². The van der Waals surface area contributed by atoms with E-state index in [1.165, 1.54) is 5.56 Å². The highest BCUT2D eigenvalue weighted by Gasteiger charge is 2.32. The summed E-state index contributed by atoms with van der Waals surface area (Å²) in [5.41, 5.74) is 2.32. The first-order chi connectivity index (χ1) is 9.83. The van der Waals surface area contributed by atoms with Crippen molar-refractivity contribution in [3.8, 4) is 0 Å². The fourth-order valence-electron chi connectivity index (χ4n) is 2.25. The fraction of sp³-hybridized carbons (Fsp3) is 0.235. The second-order valence-corrected chi connectivity index (χ2v) is 4.98. The van der Waals surface area contributed by atoms with Gasteiger partial charge in [0.05, 0.1) is 12.6 Å². The molecule has 1 fully saturated rings. The Bertz CT molecular complexity index is 564. The molecule has 3 rings (SSSR count). The summed E-state index contributed by atoms with van der Waals surface area (Å²) in [4.78, 5) is 11.9. The van der Waals surface area contributed by atoms with E-state index in [-0.39, 0.29) is 18.1 Å². The SMILES string of the molecule is O=C(NC(Cc1ccccc1)c1ccccc1)C1CO1. The number of carbonyl (C=O) groups excluding carboxylic acids is 1. The maximum atomic E-state index is 11.9. The molecule has 3 nitrogen and oxygen atoms in total. The van der Waals surface area contributed by atoms with Crippen molar-refractivity contribution in [3.05, 3.63) is 71.8 Å². The van der Waals surface area contributed by atoms with Crippen LogP contribution in [-0.2, 0) is 16.0 Å². The maximum Gasteiger partial charge on any atom is 0.252 e. The number of amides is 1. The maximum absolute atomic E-state index is 11.9. The van der Waals surface area contributed by atoms with Gasteiger partial charge >= 0.3 is 0 Å². The number of benzene rings is 2. The lowest BCUT2D eigenvalue weighted by Gasteiger charge is -2.19. The minimum atomic E-state index is -0.253. The molecule has 1 amide bonds. The molecule has 1 saturated heterocycles. The molecule has 2 aromatic carbocycles. The van der Waals surface area contributed by atoms with Gasteiger partial charge < -0.3 is 10.1 Å². The standard InChI is InChI=1S/C17H17NO2/c19-17(16-12-20-16)18-15(14-9-5-2-6-10-14)11-13-7-3-1-4-8-13/h1-10,15-16H,11-12H2,(H,18,19). The van der Waals surface area contributed by atoms with Crippen molar-refractivity contribution in [2.24, 2.45) is 0 Å². The Morgan fingerprint density at radius 3 is 2.30 bits per heavy atom. The van der Waals surface area contributed by atoms with E-state index in [0.717, 1.165) is 12.0 Å². The van der Waals surface area contributed by atoms with E-state index < -0.39 is 0 Å². The highest BCUT2D eigenvalue weighted by atomic mass is 16.6. The minimum absolute atomic E-state index is 0.0182. The van der Waals surface area contributed by atoms with Gasteiger partial charge in [-0.3, -0.25) is 4.79 Å². The predicted octanol–water partition coefficient (Wildman–Crippen LogP) is 2.49. The van der Waals surface area contributed by atoms with Crippen LogP contribution >= 0.6 is 0 Å². The average Bonchev–Trinajstić information content (AvgIpc) is 3.33. The van der Waals surface area contributed by atoms with Gasteiger partial charge in [0.15, 0.2) is 6.10 Å². The molecule has 0 spiro atoms. The lowest BCUT2D eigenvalue weighted by Crippen LogP contribution is -2.33. The van der Waals surface area contributed by atoms with Crippen LogP contribution in [0.2, 0.25) is 0 Å². The molecule has 0 bridgehead atoms. The molecule has 1 aliphatic rings. The Balaban J connectivity index is 1.77. The molecule has 1 heterocycles. The van der Waals surface area contributed by atoms with Crippen molar-refractivity contribution in [2.75, 3.05) is 6.61 Å². The molecular weight excluding hydrogens is 250 g/mol. The van der Waals surface area contributed by atoms with Gasteiger partial charge in [0.2, 0.25) is 0 Å². The van der Waals surface area contributed by atoms with Crippen LogP contribution in [0.5, 0.6) is 0 Å². The number of nitrogens with one attached hydrogen (secondary N) is 1. The summed E-state index contributed by atoms with van der Waals surface area (Å²) in [6.45, 7) is 0.540. The molecule has 102 valence electrons. The summed E-state index contributed by atoms with van der Waals surface area (Å²) in [6, 6.07) is 20.2. The zero-order valence-corrected chi connectivity index (χ0v) is 11.2. The van der Waals surface area contributed by atoms with Gasteiger partial charge in [0, 0.05) is 0 Å². The van der Waals surface area contributed by atoms with Crippen LogP contribution in [0.15, 0.2) is 60.7 Å². The zero-order valence-electron chi connectivity index (χ0n) is 11.2. The number of epoxide rings is 1. The lowest BCUT2D eigenvalue weighted by molar-refractivity contribution is -0.123. The predicted molar refractivity (Wildman–Crippen MR) is 77.2 cm³/mol. The van der Waals surface area contributed by atoms with Crippen molar-refractivity contribution in [1.82, 2.24) is 5.32 Å². The Morgan fingerprint density at radius 1 is 1.10 bits per heavy atom. The normalized spacial score (nSPS) is 18.3. The molecule has 0 aromatic heterocycles. The molecule has 2 atom stereocenters. The summed E-state index contributed by atoms with van der Waals surface area (Å²) < 4.78 is 5.05. The number of rotatable bonds is 5. The first-order valence-electron chi connectivity index (χ1n) is 6.84. The molecule has 1 N–H and O–H groups in total. The van der Waals surface area contributed by atoms with Crippen LogP contribution in [-0.4, -0.2) is 18.6 Å². The van der Waals surface area contributed by atoms with E-state index in [4.69, 9.17) is 4.74 Å². The third-order valence-electron chi connectivity index (χ3n) is 3.43. The van der Waals surface area contributed by atoms with Gasteiger partial charge in [-0.1, -0.05) is 60.7 Å². The minimum Gasteiger partial charge on any atom is -0.363 e. The largest absolute Gasteiger partial charge is 0.363 e. The van der Waals surface area contributed by atoms with Crippen molar-refractivity contribution in [2.45, 2.75) is 18.6 Å². The zero-order chi connectivity index (χ0) is 13.8. The van der Waals surface area contributed by atoms with Gasteiger partial charge in [-0.25, -0.2) is 0 Å². The van der Waals surface area contributed by atoms with E-state index >= 15 is 0 Å². The highest BCUT2D eigenvalue weighted by molar-refractivity contribution is 5.83. The molecule has 20 heavy (non-hydrogen) atoms. The summed E-state index contributed by atoms with van der Waals surface area (Å²) in [5.74, 6) is -0.0187. The van der Waals surface area contributed by atoms with Gasteiger partial charge in [-0.05, 0) is 17.5 Å². The summed E-state index contributed by atoms with van der Waals surface area (Å²) in [6.07, 6.45) is 0.528. The fourth-order valence-corrected chi connectivity index (χ4v) is 2.25. The molecule has 0 radical (unpaired) electrons. The Morgan fingerprint density at radius 2 is 1.70 bits per heavy atom. The highest BCUT2D eigenvalue weighted by Crippen LogP contribution is 2.20. The number of hydrogen-bond acceptors (Lipinski definition) is 2. The molecule has 0 saturated carbocycles. The summed E-state index contributed by atoms with van der Waals surface area (Å²) in [7, 11) is 0. The van der Waals surface area contributed by atoms with Gasteiger partial charge in [-0.2, -0.15) is 0 Å². The van der Waals surface area contributed by atoms with E-state index in [2.05, 4.69) is 17.4 Å². The van der Waals surface area contributed by atoms with Gasteiger partial charge in [0.1, 0.15) is 0 Å². The number of hydrogen-bond donors (Lipinski definition) is 1. The number of carbonyl (C=O) groups is 1. The molecule has 2 unspecified atom stereocenters. The first kappa shape index (κ1) is 12.9. The van der Waals surface area contributed by atoms with Crippen LogP contribution < -0.4 is 5.32 Å². The first-order valence-corrected chi connectivity index (χ1v) is 6.84. The molecule has 1 aliphatic heterocycles. The lowest BCUT2D eigenvalue weighted by atomic mass is 9.99. The topological polar surface area (TPSA) is 41.6 Å². The Hall–Kier alpha value is -2.13. The average molecular weight is 267 g/mol. The third kappa shape index (κ3) is 3.25. The van der Waals surface area contributed by atoms with E-state index in [9.17, 15) is 4.79 Å². The smallest absolute Gasteiger partial charge is 0.252 e. The van der Waals surface area contributed by atoms with Gasteiger partial charge in [-0.15, -0.1) is 0 Å². The quantitative estimate of drug-likeness (QED) is 0.846. The van der Waals surface area contributed by atoms with Crippen LogP contribution in [0.1, 0.15) is 17.2 Å². The molecule has 2 aromatic rings.